The number of carboxylic acids is 1. The summed E-state index contributed by atoms with van der Waals surface area (Å²) in [5.74, 6) is -2.40. The van der Waals surface area contributed by atoms with Crippen LogP contribution in [0.25, 0.3) is 22.1 Å². The molecule has 0 atom stereocenters. The van der Waals surface area contributed by atoms with E-state index in [1.54, 1.807) is 50.5 Å². The maximum atomic E-state index is 13.2. The van der Waals surface area contributed by atoms with Crippen molar-refractivity contribution < 1.29 is 28.8 Å². The Morgan fingerprint density at radius 2 is 1.62 bits per heavy atom. The zero-order valence-electron chi connectivity index (χ0n) is 21.5. The minimum absolute atomic E-state index is 0.0130. The molecule has 11 nitrogen and oxygen atoms in total. The van der Waals surface area contributed by atoms with E-state index < -0.39 is 11.9 Å². The topological polar surface area (TPSA) is 157 Å². The summed E-state index contributed by atoms with van der Waals surface area (Å²) in [7, 11) is 3.26. The van der Waals surface area contributed by atoms with Crippen LogP contribution in [0.5, 0.6) is 0 Å². The number of anilines is 3. The number of nitrogens with one attached hydrogen (secondary N) is 1. The number of nitriles is 1. The Bertz CT molecular complexity index is 1680. The van der Waals surface area contributed by atoms with Crippen LogP contribution in [0.1, 0.15) is 40.3 Å². The molecule has 3 aromatic carbocycles. The second-order valence-corrected chi connectivity index (χ2v) is 8.73. The molecule has 0 saturated carbocycles. The summed E-state index contributed by atoms with van der Waals surface area (Å²) in [5.41, 5.74) is 2.48. The Morgan fingerprint density at radius 3 is 2.21 bits per heavy atom. The summed E-state index contributed by atoms with van der Waals surface area (Å²) in [4.78, 5) is 51.8. The SMILES string of the molecule is CC(=O)N(C)c1ccc(-c2cc3c(C(=O)Nc4ccc(C#N)cc4C(=O)O)noc3cc2N(C)C(C)=O)cc1. The summed E-state index contributed by atoms with van der Waals surface area (Å²) in [6, 6.07) is 16.1. The van der Waals surface area contributed by atoms with Gasteiger partial charge >= 0.3 is 5.97 Å². The first-order chi connectivity index (χ1) is 18.5. The third-order valence-electron chi connectivity index (χ3n) is 6.30. The highest BCUT2D eigenvalue weighted by atomic mass is 16.5. The lowest BCUT2D eigenvalue weighted by molar-refractivity contribution is -0.117. The van der Waals surface area contributed by atoms with Crippen molar-refractivity contribution in [3.63, 3.8) is 0 Å². The number of aromatic carboxylic acids is 1. The molecule has 0 aliphatic heterocycles. The molecule has 0 aliphatic rings. The highest BCUT2D eigenvalue weighted by Gasteiger charge is 2.23. The van der Waals surface area contributed by atoms with Gasteiger partial charge in [-0.3, -0.25) is 14.4 Å². The van der Waals surface area contributed by atoms with E-state index in [0.717, 1.165) is 6.07 Å². The molecule has 4 aromatic rings. The van der Waals surface area contributed by atoms with Gasteiger partial charge in [0.05, 0.1) is 34.0 Å². The molecule has 0 unspecified atom stereocenters. The van der Waals surface area contributed by atoms with Crippen molar-refractivity contribution >= 4 is 51.7 Å². The summed E-state index contributed by atoms with van der Waals surface area (Å²) < 4.78 is 5.41. The van der Waals surface area contributed by atoms with Gasteiger partial charge in [0.15, 0.2) is 11.3 Å². The normalized spacial score (nSPS) is 10.5. The summed E-state index contributed by atoms with van der Waals surface area (Å²) in [5, 5.41) is 25.4. The second-order valence-electron chi connectivity index (χ2n) is 8.73. The smallest absolute Gasteiger partial charge is 0.337 e. The average molecular weight is 526 g/mol. The van der Waals surface area contributed by atoms with Gasteiger partial charge in [-0.15, -0.1) is 0 Å². The molecule has 0 fully saturated rings. The van der Waals surface area contributed by atoms with Crippen LogP contribution < -0.4 is 15.1 Å². The van der Waals surface area contributed by atoms with Gasteiger partial charge in [0, 0.05) is 45.3 Å². The first-order valence-electron chi connectivity index (χ1n) is 11.6. The first kappa shape index (κ1) is 26.6. The summed E-state index contributed by atoms with van der Waals surface area (Å²) in [6.45, 7) is 2.87. The molecule has 3 amide bonds. The molecule has 196 valence electrons. The van der Waals surface area contributed by atoms with Crippen molar-refractivity contribution in [2.24, 2.45) is 0 Å². The van der Waals surface area contributed by atoms with Crippen molar-refractivity contribution in [2.45, 2.75) is 13.8 Å². The van der Waals surface area contributed by atoms with Crippen LogP contribution in [-0.4, -0.2) is 48.0 Å². The fourth-order valence-electron chi connectivity index (χ4n) is 3.94. The van der Waals surface area contributed by atoms with E-state index in [4.69, 9.17) is 9.78 Å². The van der Waals surface area contributed by atoms with Crippen molar-refractivity contribution in [3.8, 4) is 17.2 Å². The second kappa shape index (κ2) is 10.5. The van der Waals surface area contributed by atoms with Crippen LogP contribution in [0.15, 0.2) is 59.1 Å². The van der Waals surface area contributed by atoms with E-state index in [-0.39, 0.29) is 39.9 Å². The number of hydrogen-bond acceptors (Lipinski definition) is 7. The number of carboxylic acid groups (broad SMARTS) is 1. The molecule has 0 bridgehead atoms. The zero-order chi connectivity index (χ0) is 28.4. The minimum Gasteiger partial charge on any atom is -0.478 e. The number of rotatable bonds is 6. The van der Waals surface area contributed by atoms with E-state index in [9.17, 15) is 24.3 Å². The number of nitrogens with zero attached hydrogens (tertiary/aromatic N) is 4. The van der Waals surface area contributed by atoms with Gasteiger partial charge in [0.2, 0.25) is 11.8 Å². The van der Waals surface area contributed by atoms with Gasteiger partial charge in [0.1, 0.15) is 0 Å². The molecule has 1 aromatic heterocycles. The number of hydrogen-bond donors (Lipinski definition) is 2. The molecule has 0 aliphatic carbocycles. The standard InChI is InChI=1S/C28H23N5O6/c1-15(34)32(3)19-8-6-18(7-9-19)20-12-22-25(13-24(20)33(4)16(2)35)39-31-26(22)27(36)30-23-10-5-17(14-29)11-21(23)28(37)38/h5-13H,1-4H3,(H,30,36)(H,37,38). The van der Waals surface area contributed by atoms with Gasteiger partial charge in [-0.05, 0) is 42.0 Å². The Hall–Kier alpha value is -5.50. The number of benzene rings is 3. The maximum absolute atomic E-state index is 13.2. The van der Waals surface area contributed by atoms with Crippen LogP contribution >= 0.6 is 0 Å². The fourth-order valence-corrected chi connectivity index (χ4v) is 3.94. The lowest BCUT2D eigenvalue weighted by Crippen LogP contribution is -2.23. The number of carbonyl (C=O) groups excluding carboxylic acids is 3. The molecule has 0 spiro atoms. The van der Waals surface area contributed by atoms with Gasteiger partial charge in [-0.1, -0.05) is 17.3 Å². The number of carbonyl (C=O) groups is 4. The Morgan fingerprint density at radius 1 is 0.949 bits per heavy atom. The van der Waals surface area contributed by atoms with Crippen molar-refractivity contribution in [1.82, 2.24) is 5.16 Å². The Labute approximate surface area is 222 Å². The molecular formula is C28H23N5O6. The van der Waals surface area contributed by atoms with Crippen LogP contribution in [-0.2, 0) is 9.59 Å². The lowest BCUT2D eigenvalue weighted by Gasteiger charge is -2.20. The third kappa shape index (κ3) is 5.17. The lowest BCUT2D eigenvalue weighted by atomic mass is 9.99. The van der Waals surface area contributed by atoms with E-state index in [1.807, 2.05) is 6.07 Å². The average Bonchev–Trinajstić information content (AvgIpc) is 3.34. The van der Waals surface area contributed by atoms with Gasteiger partial charge in [-0.25, -0.2) is 4.79 Å². The Balaban J connectivity index is 1.80. The van der Waals surface area contributed by atoms with Crippen LogP contribution in [0.3, 0.4) is 0 Å². The third-order valence-corrected chi connectivity index (χ3v) is 6.30. The van der Waals surface area contributed by atoms with E-state index in [2.05, 4.69) is 10.5 Å². The summed E-state index contributed by atoms with van der Waals surface area (Å²) in [6.07, 6.45) is 0. The van der Waals surface area contributed by atoms with E-state index in [0.29, 0.717) is 27.9 Å². The molecule has 0 saturated heterocycles. The van der Waals surface area contributed by atoms with Crippen LogP contribution in [0.4, 0.5) is 17.1 Å². The monoisotopic (exact) mass is 525 g/mol. The van der Waals surface area contributed by atoms with Crippen molar-refractivity contribution in [2.75, 3.05) is 29.2 Å². The quantitative estimate of drug-likeness (QED) is 0.378. The van der Waals surface area contributed by atoms with E-state index >= 15 is 0 Å². The molecule has 2 N–H and O–H groups in total. The number of aromatic nitrogens is 1. The van der Waals surface area contributed by atoms with Crippen LogP contribution in [0, 0.1) is 11.3 Å². The highest BCUT2D eigenvalue weighted by Crippen LogP contribution is 2.37. The van der Waals surface area contributed by atoms with Gasteiger partial charge in [0.25, 0.3) is 5.91 Å². The molecule has 4 rings (SSSR count). The number of amides is 3. The molecule has 0 radical (unpaired) electrons. The molecule has 11 heteroatoms. The highest BCUT2D eigenvalue weighted by molar-refractivity contribution is 6.14. The number of fused-ring (bicyclic) bond motifs is 1. The molecule has 1 heterocycles. The minimum atomic E-state index is -1.31. The van der Waals surface area contributed by atoms with Crippen molar-refractivity contribution in [3.05, 3.63) is 71.4 Å². The van der Waals surface area contributed by atoms with E-state index in [1.165, 1.54) is 35.8 Å². The first-order valence-corrected chi connectivity index (χ1v) is 11.6. The summed E-state index contributed by atoms with van der Waals surface area (Å²) >= 11 is 0. The zero-order valence-corrected chi connectivity index (χ0v) is 21.5. The Kier molecular flexibility index (Phi) is 7.13. The fraction of sp³-hybridized carbons (Fsp3) is 0.143. The van der Waals surface area contributed by atoms with Crippen LogP contribution in [0.2, 0.25) is 0 Å². The molecular weight excluding hydrogens is 502 g/mol. The predicted molar refractivity (Wildman–Crippen MR) is 144 cm³/mol. The molecule has 39 heavy (non-hydrogen) atoms. The van der Waals surface area contributed by atoms with Gasteiger partial charge in [-0.2, -0.15) is 5.26 Å². The van der Waals surface area contributed by atoms with Crippen molar-refractivity contribution in [1.29, 1.82) is 5.26 Å². The van der Waals surface area contributed by atoms with Gasteiger partial charge < -0.3 is 24.7 Å². The largest absolute Gasteiger partial charge is 0.478 e. The maximum Gasteiger partial charge on any atom is 0.337 e. The predicted octanol–water partition coefficient (Wildman–Crippen LogP) is 4.28.